The van der Waals surface area contributed by atoms with Crippen LogP contribution in [0.3, 0.4) is 0 Å². The Labute approximate surface area is 89.1 Å². The highest BCUT2D eigenvalue weighted by Gasteiger charge is 2.20. The maximum Gasteiger partial charge on any atom is 0.0840 e. The molecule has 0 bridgehead atoms. The Morgan fingerprint density at radius 1 is 0.929 bits per heavy atom. The van der Waals surface area contributed by atoms with Gasteiger partial charge in [0.25, 0.3) is 0 Å². The normalized spacial score (nSPS) is 11.9. The third-order valence-electron chi connectivity index (χ3n) is 2.47. The van der Waals surface area contributed by atoms with Crippen molar-refractivity contribution in [1.29, 1.82) is 0 Å². The van der Waals surface area contributed by atoms with Crippen LogP contribution in [0.15, 0.2) is 12.1 Å². The lowest BCUT2D eigenvalue weighted by atomic mass is 10.0. The van der Waals surface area contributed by atoms with Crippen molar-refractivity contribution in [3.63, 3.8) is 0 Å². The molecule has 0 spiro atoms. The van der Waals surface area contributed by atoms with Crippen LogP contribution in [-0.2, 0) is 6.16 Å². The van der Waals surface area contributed by atoms with Crippen molar-refractivity contribution in [3.05, 3.63) is 34.4 Å². The van der Waals surface area contributed by atoms with Gasteiger partial charge in [-0.05, 0) is 37.5 Å². The van der Waals surface area contributed by atoms with Crippen LogP contribution >= 0.6 is 7.26 Å². The second-order valence-electron chi connectivity index (χ2n) is 5.33. The van der Waals surface area contributed by atoms with E-state index in [4.69, 9.17) is 0 Å². The van der Waals surface area contributed by atoms with E-state index >= 15 is 0 Å². The summed E-state index contributed by atoms with van der Waals surface area (Å²) in [5.74, 6) is 0. The lowest BCUT2D eigenvalue weighted by Gasteiger charge is -2.16. The molecule has 0 heterocycles. The standard InChI is InChI=1S/C13H22P/c1-10-7-11(2)13(12(3)8-10)9-14(4,5)6/h7-8H,9H2,1-6H3/q+1. The van der Waals surface area contributed by atoms with Gasteiger partial charge >= 0.3 is 0 Å². The Bertz CT molecular complexity index is 309. The lowest BCUT2D eigenvalue weighted by molar-refractivity contribution is 1.20. The van der Waals surface area contributed by atoms with Gasteiger partial charge in [-0.2, -0.15) is 0 Å². The molecule has 0 N–H and O–H groups in total. The van der Waals surface area contributed by atoms with Gasteiger partial charge in [0, 0.05) is 27.3 Å². The van der Waals surface area contributed by atoms with Crippen LogP contribution in [0, 0.1) is 20.8 Å². The lowest BCUT2D eigenvalue weighted by Crippen LogP contribution is -1.98. The molecule has 1 heteroatoms. The molecule has 0 atom stereocenters. The summed E-state index contributed by atoms with van der Waals surface area (Å²) in [5, 5.41) is 0. The van der Waals surface area contributed by atoms with Crippen LogP contribution in [0.2, 0.25) is 0 Å². The van der Waals surface area contributed by atoms with E-state index in [0.717, 1.165) is 0 Å². The summed E-state index contributed by atoms with van der Waals surface area (Å²) in [7, 11) is -0.707. The van der Waals surface area contributed by atoms with E-state index in [1.807, 2.05) is 0 Å². The van der Waals surface area contributed by atoms with Crippen molar-refractivity contribution >= 4 is 7.26 Å². The third kappa shape index (κ3) is 3.10. The van der Waals surface area contributed by atoms with E-state index in [1.165, 1.54) is 22.9 Å². The summed E-state index contributed by atoms with van der Waals surface area (Å²) in [6.45, 7) is 13.9. The fourth-order valence-electron chi connectivity index (χ4n) is 1.93. The van der Waals surface area contributed by atoms with Gasteiger partial charge in [-0.25, -0.2) is 0 Å². The minimum atomic E-state index is -0.707. The van der Waals surface area contributed by atoms with Gasteiger partial charge < -0.3 is 0 Å². The quantitative estimate of drug-likeness (QED) is 0.645. The predicted octanol–water partition coefficient (Wildman–Crippen LogP) is 4.02. The van der Waals surface area contributed by atoms with Crippen molar-refractivity contribution in [1.82, 2.24) is 0 Å². The van der Waals surface area contributed by atoms with Crippen LogP contribution in [0.25, 0.3) is 0 Å². The first kappa shape index (κ1) is 11.7. The van der Waals surface area contributed by atoms with E-state index in [9.17, 15) is 0 Å². The highest BCUT2D eigenvalue weighted by molar-refractivity contribution is 7.73. The smallest absolute Gasteiger partial charge is 0.0560 e. The first-order valence-electron chi connectivity index (χ1n) is 5.17. The molecule has 0 aliphatic rings. The second kappa shape index (κ2) is 4.03. The van der Waals surface area contributed by atoms with Crippen molar-refractivity contribution in [2.24, 2.45) is 0 Å². The Hall–Kier alpha value is -0.350. The molecule has 0 saturated carbocycles. The molecule has 0 nitrogen and oxygen atoms in total. The highest BCUT2D eigenvalue weighted by atomic mass is 31.2. The molecule has 0 saturated heterocycles. The summed E-state index contributed by atoms with van der Waals surface area (Å²) in [6.07, 6.45) is 1.28. The molecule has 0 aliphatic heterocycles. The predicted molar refractivity (Wildman–Crippen MR) is 69.0 cm³/mol. The average Bonchev–Trinajstić information content (AvgIpc) is 1.95. The van der Waals surface area contributed by atoms with Crippen molar-refractivity contribution in [3.8, 4) is 0 Å². The molecule has 14 heavy (non-hydrogen) atoms. The van der Waals surface area contributed by atoms with Crippen molar-refractivity contribution in [2.75, 3.05) is 20.0 Å². The Morgan fingerprint density at radius 3 is 1.71 bits per heavy atom. The molecule has 78 valence electrons. The van der Waals surface area contributed by atoms with Crippen molar-refractivity contribution < 1.29 is 0 Å². The maximum absolute atomic E-state index is 2.41. The average molecular weight is 209 g/mol. The first-order valence-corrected chi connectivity index (χ1v) is 8.48. The minimum Gasteiger partial charge on any atom is -0.0560 e. The summed E-state index contributed by atoms with van der Waals surface area (Å²) >= 11 is 0. The second-order valence-corrected chi connectivity index (χ2v) is 10.2. The summed E-state index contributed by atoms with van der Waals surface area (Å²) in [4.78, 5) is 0. The number of hydrogen-bond donors (Lipinski definition) is 0. The third-order valence-corrected chi connectivity index (χ3v) is 3.74. The SMILES string of the molecule is Cc1cc(C)c(C[P+](C)(C)C)c(C)c1. The molecule has 0 aliphatic carbocycles. The van der Waals surface area contributed by atoms with Gasteiger partial charge in [-0.15, -0.1) is 0 Å². The van der Waals surface area contributed by atoms with Crippen LogP contribution in [-0.4, -0.2) is 20.0 Å². The van der Waals surface area contributed by atoms with Gasteiger partial charge in [-0.1, -0.05) is 17.7 Å². The molecule has 0 amide bonds. The molecule has 1 aromatic rings. The van der Waals surface area contributed by atoms with Gasteiger partial charge in [-0.3, -0.25) is 0 Å². The first-order chi connectivity index (χ1) is 6.29. The maximum atomic E-state index is 2.41. The van der Waals surface area contributed by atoms with Crippen LogP contribution in [0.1, 0.15) is 22.3 Å². The highest BCUT2D eigenvalue weighted by Crippen LogP contribution is 2.51. The zero-order valence-electron chi connectivity index (χ0n) is 10.3. The topological polar surface area (TPSA) is 0 Å². The summed E-state index contributed by atoms with van der Waals surface area (Å²) < 4.78 is 0. The monoisotopic (exact) mass is 209 g/mol. The van der Waals surface area contributed by atoms with Crippen LogP contribution < -0.4 is 0 Å². The van der Waals surface area contributed by atoms with Gasteiger partial charge in [0.2, 0.25) is 0 Å². The molecule has 0 radical (unpaired) electrons. The number of benzene rings is 1. The number of aryl methyl sites for hydroxylation is 3. The van der Waals surface area contributed by atoms with Crippen molar-refractivity contribution in [2.45, 2.75) is 26.9 Å². The summed E-state index contributed by atoms with van der Waals surface area (Å²) in [5.41, 5.74) is 5.90. The number of hydrogen-bond acceptors (Lipinski definition) is 0. The molecule has 0 aromatic heterocycles. The Balaban J connectivity index is 3.09. The van der Waals surface area contributed by atoms with Gasteiger partial charge in [0.1, 0.15) is 0 Å². The summed E-state index contributed by atoms with van der Waals surface area (Å²) in [6, 6.07) is 4.61. The van der Waals surface area contributed by atoms with E-state index in [1.54, 1.807) is 5.56 Å². The Morgan fingerprint density at radius 2 is 1.36 bits per heavy atom. The molecular formula is C13H22P+. The largest absolute Gasteiger partial charge is 0.0840 e. The molecule has 0 unspecified atom stereocenters. The molecule has 0 fully saturated rings. The zero-order valence-corrected chi connectivity index (χ0v) is 11.2. The fraction of sp³-hybridized carbons (Fsp3) is 0.538. The van der Waals surface area contributed by atoms with E-state index < -0.39 is 7.26 Å². The van der Waals surface area contributed by atoms with E-state index in [-0.39, 0.29) is 0 Å². The minimum absolute atomic E-state index is 0.707. The van der Waals surface area contributed by atoms with Gasteiger partial charge in [0.15, 0.2) is 0 Å². The number of rotatable bonds is 2. The molecule has 1 rings (SSSR count). The fourth-order valence-corrected chi connectivity index (χ4v) is 3.38. The van der Waals surface area contributed by atoms with Gasteiger partial charge in [0.05, 0.1) is 6.16 Å². The zero-order chi connectivity index (χ0) is 10.9. The van der Waals surface area contributed by atoms with Crippen LogP contribution in [0.4, 0.5) is 0 Å². The Kier molecular flexibility index (Phi) is 3.37. The van der Waals surface area contributed by atoms with E-state index in [2.05, 4.69) is 52.9 Å². The molecule has 1 aromatic carbocycles. The van der Waals surface area contributed by atoms with Crippen LogP contribution in [0.5, 0.6) is 0 Å². The molecular weight excluding hydrogens is 187 g/mol. The van der Waals surface area contributed by atoms with E-state index in [0.29, 0.717) is 0 Å².